The minimum atomic E-state index is -1.08. The van der Waals surface area contributed by atoms with Crippen LogP contribution in [0.3, 0.4) is 0 Å². The topological polar surface area (TPSA) is 81.6 Å². The number of carbonyl (C=O) groups is 1. The highest BCUT2D eigenvalue weighted by Gasteiger charge is 2.25. The first kappa shape index (κ1) is 17.3. The highest BCUT2D eigenvalue weighted by atomic mass is 32.1. The van der Waals surface area contributed by atoms with Crippen LogP contribution >= 0.6 is 11.3 Å². The van der Waals surface area contributed by atoms with Gasteiger partial charge < -0.3 is 20.8 Å². The number of urea groups is 1. The Kier molecular flexibility index (Phi) is 5.63. The van der Waals surface area contributed by atoms with E-state index in [1.807, 2.05) is 36.6 Å². The van der Waals surface area contributed by atoms with Crippen molar-refractivity contribution < 1.29 is 15.0 Å². The van der Waals surface area contributed by atoms with Gasteiger partial charge in [0.2, 0.25) is 0 Å². The van der Waals surface area contributed by atoms with Crippen molar-refractivity contribution in [2.75, 3.05) is 6.54 Å². The van der Waals surface area contributed by atoms with E-state index in [0.717, 1.165) is 10.4 Å². The lowest BCUT2D eigenvalue weighted by Gasteiger charge is -2.23. The highest BCUT2D eigenvalue weighted by Crippen LogP contribution is 2.24. The Balaban J connectivity index is 1.79. The van der Waals surface area contributed by atoms with Crippen LogP contribution in [-0.2, 0) is 12.0 Å². The third kappa shape index (κ3) is 5.26. The lowest BCUT2D eigenvalue weighted by Crippen LogP contribution is -2.46. The number of aromatic hydroxyl groups is 1. The van der Waals surface area contributed by atoms with Gasteiger partial charge in [0.25, 0.3) is 0 Å². The number of rotatable bonds is 6. The van der Waals surface area contributed by atoms with E-state index in [4.69, 9.17) is 0 Å². The summed E-state index contributed by atoms with van der Waals surface area (Å²) in [6, 6.07) is 10.2. The molecule has 1 heterocycles. The van der Waals surface area contributed by atoms with E-state index in [-0.39, 0.29) is 24.4 Å². The molecule has 0 saturated heterocycles. The maximum absolute atomic E-state index is 11.9. The van der Waals surface area contributed by atoms with E-state index in [2.05, 4.69) is 10.6 Å². The molecule has 0 bridgehead atoms. The van der Waals surface area contributed by atoms with E-state index in [1.165, 1.54) is 11.3 Å². The summed E-state index contributed by atoms with van der Waals surface area (Å²) in [4.78, 5) is 12.8. The predicted octanol–water partition coefficient (Wildman–Crippen LogP) is 2.59. The number of nitrogens with one attached hydrogen (secondary N) is 2. The van der Waals surface area contributed by atoms with Gasteiger partial charge in [0.05, 0.1) is 6.54 Å². The molecule has 1 aromatic carbocycles. The molecule has 2 amide bonds. The standard InChI is InChI=1S/C17H22N2O3S/c1-12(10-13-5-7-14(20)8-6-13)19-16(21)18-11-17(2,22)15-4-3-9-23-15/h3-9,12,20,22H,10-11H2,1-2H3,(H2,18,19,21). The monoisotopic (exact) mass is 334 g/mol. The van der Waals surface area contributed by atoms with Gasteiger partial charge in [-0.2, -0.15) is 0 Å². The van der Waals surface area contributed by atoms with E-state index in [9.17, 15) is 15.0 Å². The van der Waals surface area contributed by atoms with Crippen molar-refractivity contribution in [1.82, 2.24) is 10.6 Å². The maximum atomic E-state index is 11.9. The molecule has 1 aromatic heterocycles. The largest absolute Gasteiger partial charge is 0.508 e. The van der Waals surface area contributed by atoms with Gasteiger partial charge in [0.15, 0.2) is 0 Å². The van der Waals surface area contributed by atoms with Crippen molar-refractivity contribution in [2.24, 2.45) is 0 Å². The van der Waals surface area contributed by atoms with Crippen LogP contribution < -0.4 is 10.6 Å². The lowest BCUT2D eigenvalue weighted by atomic mass is 10.1. The Morgan fingerprint density at radius 3 is 2.61 bits per heavy atom. The van der Waals surface area contributed by atoms with Gasteiger partial charge in [-0.3, -0.25) is 0 Å². The SMILES string of the molecule is CC(Cc1ccc(O)cc1)NC(=O)NCC(C)(O)c1cccs1. The molecule has 0 spiro atoms. The molecule has 2 atom stereocenters. The number of hydrogen-bond acceptors (Lipinski definition) is 4. The summed E-state index contributed by atoms with van der Waals surface area (Å²) in [5.74, 6) is 0.225. The van der Waals surface area contributed by atoms with Gasteiger partial charge in [-0.15, -0.1) is 11.3 Å². The van der Waals surface area contributed by atoms with Crippen LogP contribution in [0.25, 0.3) is 0 Å². The van der Waals surface area contributed by atoms with Gasteiger partial charge in [0.1, 0.15) is 11.4 Å². The summed E-state index contributed by atoms with van der Waals surface area (Å²) in [6.45, 7) is 3.73. The van der Waals surface area contributed by atoms with Gasteiger partial charge in [-0.05, 0) is 49.4 Å². The fraction of sp³-hybridized carbons (Fsp3) is 0.353. The number of hydrogen-bond donors (Lipinski definition) is 4. The van der Waals surface area contributed by atoms with Crippen molar-refractivity contribution in [3.8, 4) is 5.75 Å². The molecule has 2 aromatic rings. The number of thiophene rings is 1. The molecule has 0 aliphatic rings. The van der Waals surface area contributed by atoms with E-state index in [1.54, 1.807) is 19.1 Å². The molecular formula is C17H22N2O3S. The Morgan fingerprint density at radius 2 is 2.00 bits per heavy atom. The third-order valence-electron chi connectivity index (χ3n) is 3.50. The molecular weight excluding hydrogens is 312 g/mol. The van der Waals surface area contributed by atoms with Crippen molar-refractivity contribution >= 4 is 17.4 Å². The molecule has 0 saturated carbocycles. The van der Waals surface area contributed by atoms with Crippen molar-refractivity contribution in [2.45, 2.75) is 31.9 Å². The molecule has 0 fully saturated rings. The first-order chi connectivity index (χ1) is 10.9. The molecule has 2 rings (SSSR count). The fourth-order valence-corrected chi connectivity index (χ4v) is 3.02. The van der Waals surface area contributed by atoms with Crippen LogP contribution in [-0.4, -0.2) is 28.8 Å². The molecule has 0 aliphatic heterocycles. The van der Waals surface area contributed by atoms with Gasteiger partial charge in [-0.1, -0.05) is 18.2 Å². The maximum Gasteiger partial charge on any atom is 0.315 e. The smallest absolute Gasteiger partial charge is 0.315 e. The molecule has 124 valence electrons. The average molecular weight is 334 g/mol. The van der Waals surface area contributed by atoms with E-state index < -0.39 is 5.60 Å². The minimum absolute atomic E-state index is 0.0637. The van der Waals surface area contributed by atoms with Crippen LogP contribution in [0.5, 0.6) is 5.75 Å². The number of phenolic OH excluding ortho intramolecular Hbond substituents is 1. The van der Waals surface area contributed by atoms with Crippen molar-refractivity contribution in [1.29, 1.82) is 0 Å². The second-order valence-electron chi connectivity index (χ2n) is 5.85. The molecule has 2 unspecified atom stereocenters. The molecule has 0 aliphatic carbocycles. The summed E-state index contributed by atoms with van der Waals surface area (Å²) < 4.78 is 0. The first-order valence-corrected chi connectivity index (χ1v) is 8.33. The zero-order valence-electron chi connectivity index (χ0n) is 13.2. The summed E-state index contributed by atoms with van der Waals surface area (Å²) in [6.07, 6.45) is 0.662. The molecule has 4 N–H and O–H groups in total. The lowest BCUT2D eigenvalue weighted by molar-refractivity contribution is 0.0630. The zero-order valence-corrected chi connectivity index (χ0v) is 14.1. The quantitative estimate of drug-likeness (QED) is 0.655. The predicted molar refractivity (Wildman–Crippen MR) is 91.7 cm³/mol. The Bertz CT molecular complexity index is 624. The van der Waals surface area contributed by atoms with Crippen LogP contribution in [0.4, 0.5) is 4.79 Å². The summed E-state index contributed by atoms with van der Waals surface area (Å²) in [5, 5.41) is 27.1. The van der Waals surface area contributed by atoms with Crippen LogP contribution in [0.1, 0.15) is 24.3 Å². The van der Waals surface area contributed by atoms with Gasteiger partial charge in [0, 0.05) is 10.9 Å². The average Bonchev–Trinajstić information content (AvgIpc) is 3.03. The van der Waals surface area contributed by atoms with Crippen LogP contribution in [0.2, 0.25) is 0 Å². The number of amides is 2. The molecule has 5 nitrogen and oxygen atoms in total. The molecule has 6 heteroatoms. The number of aliphatic hydroxyl groups is 1. The summed E-state index contributed by atoms with van der Waals surface area (Å²) >= 11 is 1.46. The Hall–Kier alpha value is -2.05. The van der Waals surface area contributed by atoms with Gasteiger partial charge >= 0.3 is 6.03 Å². The summed E-state index contributed by atoms with van der Waals surface area (Å²) in [7, 11) is 0. The van der Waals surface area contributed by atoms with E-state index >= 15 is 0 Å². The Labute approximate surface area is 140 Å². The minimum Gasteiger partial charge on any atom is -0.508 e. The second kappa shape index (κ2) is 7.48. The fourth-order valence-electron chi connectivity index (χ4n) is 2.24. The number of carbonyl (C=O) groups excluding carboxylic acids is 1. The molecule has 23 heavy (non-hydrogen) atoms. The number of benzene rings is 1. The third-order valence-corrected chi connectivity index (χ3v) is 4.62. The normalized spacial score (nSPS) is 14.7. The van der Waals surface area contributed by atoms with Crippen LogP contribution in [0, 0.1) is 0 Å². The second-order valence-corrected chi connectivity index (χ2v) is 6.80. The van der Waals surface area contributed by atoms with Crippen molar-refractivity contribution in [3.63, 3.8) is 0 Å². The first-order valence-electron chi connectivity index (χ1n) is 7.45. The zero-order chi connectivity index (χ0) is 16.9. The number of phenols is 1. The highest BCUT2D eigenvalue weighted by molar-refractivity contribution is 7.10. The summed E-state index contributed by atoms with van der Waals surface area (Å²) in [5.41, 5.74) is -0.0488. The van der Waals surface area contributed by atoms with Gasteiger partial charge in [-0.25, -0.2) is 4.79 Å². The van der Waals surface area contributed by atoms with E-state index in [0.29, 0.717) is 6.42 Å². The van der Waals surface area contributed by atoms with Crippen LogP contribution in [0.15, 0.2) is 41.8 Å². The Morgan fingerprint density at radius 1 is 1.30 bits per heavy atom. The molecule has 0 radical (unpaired) electrons. The van der Waals surface area contributed by atoms with Crippen molar-refractivity contribution in [3.05, 3.63) is 52.2 Å².